The SMILES string of the molecule is CC1CN(C(=O)CCC(C)(C)N)CC(C)O1. The van der Waals surface area contributed by atoms with Gasteiger partial charge >= 0.3 is 0 Å². The molecule has 1 amide bonds. The number of hydrogen-bond acceptors (Lipinski definition) is 3. The van der Waals surface area contributed by atoms with Crippen molar-refractivity contribution in [3.63, 3.8) is 0 Å². The van der Waals surface area contributed by atoms with Crippen molar-refractivity contribution in [2.45, 2.75) is 58.3 Å². The molecule has 94 valence electrons. The van der Waals surface area contributed by atoms with E-state index in [2.05, 4.69) is 0 Å². The third kappa shape index (κ3) is 4.49. The van der Waals surface area contributed by atoms with E-state index in [1.807, 2.05) is 32.6 Å². The number of carbonyl (C=O) groups excluding carboxylic acids is 1. The molecule has 1 saturated heterocycles. The van der Waals surface area contributed by atoms with Crippen LogP contribution in [0.4, 0.5) is 0 Å². The van der Waals surface area contributed by atoms with Crippen LogP contribution in [0.25, 0.3) is 0 Å². The molecule has 0 aromatic rings. The molecule has 0 spiro atoms. The highest BCUT2D eigenvalue weighted by molar-refractivity contribution is 5.76. The number of ether oxygens (including phenoxy) is 1. The zero-order chi connectivity index (χ0) is 12.3. The van der Waals surface area contributed by atoms with Crippen molar-refractivity contribution in [1.82, 2.24) is 4.90 Å². The first kappa shape index (κ1) is 13.5. The summed E-state index contributed by atoms with van der Waals surface area (Å²) in [7, 11) is 0. The Kier molecular flexibility index (Phi) is 4.33. The van der Waals surface area contributed by atoms with E-state index in [0.29, 0.717) is 19.5 Å². The second-order valence-electron chi connectivity index (χ2n) is 5.54. The summed E-state index contributed by atoms with van der Waals surface area (Å²) in [5, 5.41) is 0. The van der Waals surface area contributed by atoms with Gasteiger partial charge in [0.2, 0.25) is 5.91 Å². The summed E-state index contributed by atoms with van der Waals surface area (Å²) in [5.41, 5.74) is 5.61. The fraction of sp³-hybridized carbons (Fsp3) is 0.917. The van der Waals surface area contributed by atoms with Crippen LogP contribution in [0.5, 0.6) is 0 Å². The fourth-order valence-corrected chi connectivity index (χ4v) is 1.97. The van der Waals surface area contributed by atoms with E-state index < -0.39 is 0 Å². The summed E-state index contributed by atoms with van der Waals surface area (Å²) < 4.78 is 5.59. The summed E-state index contributed by atoms with van der Waals surface area (Å²) >= 11 is 0. The third-order valence-corrected chi connectivity index (χ3v) is 2.76. The van der Waals surface area contributed by atoms with Crippen LogP contribution in [0.2, 0.25) is 0 Å². The van der Waals surface area contributed by atoms with Gasteiger partial charge in [-0.1, -0.05) is 0 Å². The van der Waals surface area contributed by atoms with E-state index in [1.54, 1.807) is 0 Å². The molecule has 0 aliphatic carbocycles. The Morgan fingerprint density at radius 1 is 1.38 bits per heavy atom. The van der Waals surface area contributed by atoms with Gasteiger partial charge in [0.25, 0.3) is 0 Å². The molecule has 1 aliphatic heterocycles. The van der Waals surface area contributed by atoms with Gasteiger partial charge in [0.15, 0.2) is 0 Å². The van der Waals surface area contributed by atoms with E-state index in [-0.39, 0.29) is 23.7 Å². The van der Waals surface area contributed by atoms with Crippen LogP contribution in [0.1, 0.15) is 40.5 Å². The molecule has 0 aromatic heterocycles. The number of amides is 1. The second kappa shape index (κ2) is 5.15. The molecule has 1 aliphatic rings. The highest BCUT2D eigenvalue weighted by atomic mass is 16.5. The lowest BCUT2D eigenvalue weighted by Crippen LogP contribution is -2.48. The largest absolute Gasteiger partial charge is 0.372 e. The monoisotopic (exact) mass is 228 g/mol. The number of morpholine rings is 1. The average Bonchev–Trinajstić information content (AvgIpc) is 2.11. The van der Waals surface area contributed by atoms with E-state index >= 15 is 0 Å². The van der Waals surface area contributed by atoms with Crippen molar-refractivity contribution in [1.29, 1.82) is 0 Å². The fourth-order valence-electron chi connectivity index (χ4n) is 1.97. The molecule has 2 atom stereocenters. The van der Waals surface area contributed by atoms with E-state index in [0.717, 1.165) is 6.42 Å². The highest BCUT2D eigenvalue weighted by Gasteiger charge is 2.26. The number of rotatable bonds is 3. The van der Waals surface area contributed by atoms with Gasteiger partial charge in [-0.05, 0) is 34.1 Å². The van der Waals surface area contributed by atoms with E-state index in [1.165, 1.54) is 0 Å². The van der Waals surface area contributed by atoms with Crippen LogP contribution in [0.15, 0.2) is 0 Å². The number of hydrogen-bond donors (Lipinski definition) is 1. The van der Waals surface area contributed by atoms with Crippen LogP contribution in [-0.2, 0) is 9.53 Å². The summed E-state index contributed by atoms with van der Waals surface area (Å²) in [5.74, 6) is 0.195. The van der Waals surface area contributed by atoms with Crippen molar-refractivity contribution < 1.29 is 9.53 Å². The highest BCUT2D eigenvalue weighted by Crippen LogP contribution is 2.14. The molecule has 1 rings (SSSR count). The molecule has 0 radical (unpaired) electrons. The smallest absolute Gasteiger partial charge is 0.222 e. The Labute approximate surface area is 98.1 Å². The summed E-state index contributed by atoms with van der Waals surface area (Å²) in [4.78, 5) is 13.8. The molecule has 4 heteroatoms. The lowest BCUT2D eigenvalue weighted by atomic mass is 9.99. The maximum Gasteiger partial charge on any atom is 0.222 e. The van der Waals surface area contributed by atoms with Crippen molar-refractivity contribution >= 4 is 5.91 Å². The molecule has 2 unspecified atom stereocenters. The molecule has 0 bridgehead atoms. The normalized spacial score (nSPS) is 26.9. The minimum atomic E-state index is -0.265. The number of carbonyl (C=O) groups is 1. The van der Waals surface area contributed by atoms with Crippen LogP contribution >= 0.6 is 0 Å². The first-order valence-corrected chi connectivity index (χ1v) is 6.00. The Bertz CT molecular complexity index is 238. The molecule has 0 aromatic carbocycles. The van der Waals surface area contributed by atoms with Gasteiger partial charge in [0, 0.05) is 25.0 Å². The van der Waals surface area contributed by atoms with Crippen LogP contribution in [0, 0.1) is 0 Å². The molecular weight excluding hydrogens is 204 g/mol. The van der Waals surface area contributed by atoms with Crippen molar-refractivity contribution in [3.8, 4) is 0 Å². The van der Waals surface area contributed by atoms with Crippen LogP contribution in [-0.4, -0.2) is 41.6 Å². The maximum absolute atomic E-state index is 12.0. The van der Waals surface area contributed by atoms with Crippen molar-refractivity contribution in [2.24, 2.45) is 5.73 Å². The summed E-state index contributed by atoms with van der Waals surface area (Å²) in [6, 6.07) is 0. The van der Waals surface area contributed by atoms with Gasteiger partial charge in [-0.15, -0.1) is 0 Å². The molecule has 4 nitrogen and oxygen atoms in total. The summed E-state index contributed by atoms with van der Waals surface area (Å²) in [6.07, 6.45) is 1.53. The number of nitrogens with zero attached hydrogens (tertiary/aromatic N) is 1. The predicted molar refractivity (Wildman–Crippen MR) is 64.1 cm³/mol. The van der Waals surface area contributed by atoms with Crippen LogP contribution < -0.4 is 5.73 Å². The van der Waals surface area contributed by atoms with Gasteiger partial charge < -0.3 is 15.4 Å². The second-order valence-corrected chi connectivity index (χ2v) is 5.54. The zero-order valence-corrected chi connectivity index (χ0v) is 10.8. The van der Waals surface area contributed by atoms with Gasteiger partial charge in [-0.3, -0.25) is 4.79 Å². The average molecular weight is 228 g/mol. The standard InChI is InChI=1S/C12H24N2O2/c1-9-7-14(8-10(2)16-9)11(15)5-6-12(3,4)13/h9-10H,5-8,13H2,1-4H3. The van der Waals surface area contributed by atoms with Gasteiger partial charge in [-0.25, -0.2) is 0 Å². The Morgan fingerprint density at radius 2 is 1.88 bits per heavy atom. The lowest BCUT2D eigenvalue weighted by Gasteiger charge is -2.35. The number of nitrogens with two attached hydrogens (primary N) is 1. The molecule has 0 saturated carbocycles. The maximum atomic E-state index is 12.0. The predicted octanol–water partition coefficient (Wildman–Crippen LogP) is 1.14. The van der Waals surface area contributed by atoms with Gasteiger partial charge in [-0.2, -0.15) is 0 Å². The Hall–Kier alpha value is -0.610. The van der Waals surface area contributed by atoms with Crippen LogP contribution in [0.3, 0.4) is 0 Å². The van der Waals surface area contributed by atoms with E-state index in [9.17, 15) is 4.79 Å². The minimum absolute atomic E-state index is 0.138. The quantitative estimate of drug-likeness (QED) is 0.788. The van der Waals surface area contributed by atoms with Crippen molar-refractivity contribution in [3.05, 3.63) is 0 Å². The van der Waals surface area contributed by atoms with E-state index in [4.69, 9.17) is 10.5 Å². The van der Waals surface area contributed by atoms with Crippen molar-refractivity contribution in [2.75, 3.05) is 13.1 Å². The minimum Gasteiger partial charge on any atom is -0.372 e. The Morgan fingerprint density at radius 3 is 2.31 bits per heavy atom. The third-order valence-electron chi connectivity index (χ3n) is 2.76. The van der Waals surface area contributed by atoms with Gasteiger partial charge in [0.05, 0.1) is 12.2 Å². The summed E-state index contributed by atoms with van der Waals surface area (Å²) in [6.45, 7) is 9.31. The zero-order valence-electron chi connectivity index (χ0n) is 10.8. The first-order valence-electron chi connectivity index (χ1n) is 6.00. The molecule has 16 heavy (non-hydrogen) atoms. The lowest BCUT2D eigenvalue weighted by molar-refractivity contribution is -0.143. The Balaban J connectivity index is 2.41. The molecular formula is C12H24N2O2. The topological polar surface area (TPSA) is 55.6 Å². The molecule has 1 heterocycles. The molecule has 2 N–H and O–H groups in total. The first-order chi connectivity index (χ1) is 7.28. The molecule has 1 fully saturated rings. The van der Waals surface area contributed by atoms with Gasteiger partial charge in [0.1, 0.15) is 0 Å².